The summed E-state index contributed by atoms with van der Waals surface area (Å²) in [6, 6.07) is 12.1. The van der Waals surface area contributed by atoms with E-state index in [1.54, 1.807) is 38.1 Å². The molecule has 8 nitrogen and oxygen atoms in total. The summed E-state index contributed by atoms with van der Waals surface area (Å²) < 4.78 is 60.1. The summed E-state index contributed by atoms with van der Waals surface area (Å²) in [5.41, 5.74) is 0.603. The molecule has 32 heavy (non-hydrogen) atoms. The van der Waals surface area contributed by atoms with Crippen molar-refractivity contribution < 1.29 is 25.2 Å². The van der Waals surface area contributed by atoms with Gasteiger partial charge in [0.05, 0.1) is 6.10 Å². The molecular formula is C21H26N2O6S3. The Labute approximate surface area is 194 Å². The third-order valence-electron chi connectivity index (χ3n) is 3.74. The minimum atomic E-state index is -4.15. The van der Waals surface area contributed by atoms with E-state index >= 15 is 0 Å². The van der Waals surface area contributed by atoms with Gasteiger partial charge in [0.2, 0.25) is 0 Å². The Hall–Kier alpha value is -2.47. The minimum absolute atomic E-state index is 0.0219. The van der Waals surface area contributed by atoms with E-state index in [9.17, 15) is 16.8 Å². The van der Waals surface area contributed by atoms with E-state index in [-0.39, 0.29) is 21.4 Å². The van der Waals surface area contributed by atoms with Gasteiger partial charge in [-0.15, -0.1) is 0 Å². The van der Waals surface area contributed by atoms with Crippen molar-refractivity contribution in [3.63, 3.8) is 0 Å². The molecule has 0 saturated heterocycles. The Bertz CT molecular complexity index is 1180. The highest BCUT2D eigenvalue weighted by molar-refractivity contribution is 7.87. The molecule has 2 aromatic rings. The predicted molar refractivity (Wildman–Crippen MR) is 128 cm³/mol. The maximum atomic E-state index is 12.8. The standard InChI is InChI=1S/C21H26N2O6S3/c1-15(2)22-21(30)23-18-11-10-17(20(14-18)32(26,27)29-16(3)4)12-13-28-31(24,25)19-8-6-5-7-9-19/h5-16H,1-4H3,(H2,22,23,30). The second-order valence-electron chi connectivity index (χ2n) is 7.27. The van der Waals surface area contributed by atoms with E-state index in [2.05, 4.69) is 10.6 Å². The first-order valence-corrected chi connectivity index (χ1v) is 12.9. The van der Waals surface area contributed by atoms with Crippen molar-refractivity contribution in [1.82, 2.24) is 5.32 Å². The maximum Gasteiger partial charge on any atom is 0.338 e. The van der Waals surface area contributed by atoms with Gasteiger partial charge in [0, 0.05) is 11.7 Å². The molecule has 0 bridgehead atoms. The van der Waals surface area contributed by atoms with Crippen LogP contribution in [0, 0.1) is 0 Å². The molecule has 2 aromatic carbocycles. The van der Waals surface area contributed by atoms with E-state index in [1.165, 1.54) is 30.3 Å². The van der Waals surface area contributed by atoms with Crippen molar-refractivity contribution >= 4 is 49.3 Å². The van der Waals surface area contributed by atoms with E-state index in [0.717, 1.165) is 6.26 Å². The maximum absolute atomic E-state index is 12.8. The zero-order valence-electron chi connectivity index (χ0n) is 18.1. The molecule has 2 rings (SSSR count). The van der Waals surface area contributed by atoms with Crippen LogP contribution < -0.4 is 10.6 Å². The van der Waals surface area contributed by atoms with Gasteiger partial charge in [0.1, 0.15) is 16.1 Å². The average Bonchev–Trinajstić information content (AvgIpc) is 2.68. The van der Waals surface area contributed by atoms with Gasteiger partial charge in [-0.3, -0.25) is 4.18 Å². The lowest BCUT2D eigenvalue weighted by molar-refractivity contribution is 0.249. The molecular weight excluding hydrogens is 472 g/mol. The van der Waals surface area contributed by atoms with Crippen LogP contribution in [-0.4, -0.2) is 34.1 Å². The fraction of sp³-hybridized carbons (Fsp3) is 0.286. The first-order valence-electron chi connectivity index (χ1n) is 9.70. The first-order chi connectivity index (χ1) is 14.9. The molecule has 0 aromatic heterocycles. The van der Waals surface area contributed by atoms with Gasteiger partial charge in [-0.2, -0.15) is 16.8 Å². The Morgan fingerprint density at radius 3 is 2.22 bits per heavy atom. The number of benzene rings is 2. The highest BCUT2D eigenvalue weighted by Crippen LogP contribution is 2.25. The Morgan fingerprint density at radius 1 is 0.969 bits per heavy atom. The molecule has 0 aliphatic rings. The zero-order chi connectivity index (χ0) is 23.9. The van der Waals surface area contributed by atoms with Crippen molar-refractivity contribution in [2.75, 3.05) is 5.32 Å². The highest BCUT2D eigenvalue weighted by atomic mass is 32.2. The van der Waals surface area contributed by atoms with Gasteiger partial charge in [-0.1, -0.05) is 24.3 Å². The topological polar surface area (TPSA) is 111 Å². The van der Waals surface area contributed by atoms with Crippen LogP contribution in [0.4, 0.5) is 5.69 Å². The molecule has 0 saturated carbocycles. The second-order valence-corrected chi connectivity index (χ2v) is 10.8. The normalized spacial score (nSPS) is 12.3. The van der Waals surface area contributed by atoms with Crippen LogP contribution in [0.25, 0.3) is 6.08 Å². The van der Waals surface area contributed by atoms with E-state index in [4.69, 9.17) is 20.6 Å². The molecule has 0 amide bonds. The minimum Gasteiger partial charge on any atom is -0.387 e. The van der Waals surface area contributed by atoms with E-state index < -0.39 is 26.3 Å². The lowest BCUT2D eigenvalue weighted by Gasteiger charge is -2.15. The third kappa shape index (κ3) is 7.59. The fourth-order valence-electron chi connectivity index (χ4n) is 2.52. The smallest absolute Gasteiger partial charge is 0.338 e. The van der Waals surface area contributed by atoms with Crippen molar-refractivity contribution in [2.24, 2.45) is 0 Å². The van der Waals surface area contributed by atoms with Crippen molar-refractivity contribution in [3.05, 3.63) is 60.4 Å². The number of nitrogens with one attached hydrogen (secondary N) is 2. The summed E-state index contributed by atoms with van der Waals surface area (Å²) >= 11 is 5.21. The molecule has 0 aliphatic heterocycles. The third-order valence-corrected chi connectivity index (χ3v) is 6.71. The number of thiocarbonyl (C=S) groups is 1. The average molecular weight is 499 g/mol. The van der Waals surface area contributed by atoms with Crippen LogP contribution >= 0.6 is 12.2 Å². The van der Waals surface area contributed by atoms with E-state index in [1.807, 2.05) is 13.8 Å². The summed E-state index contributed by atoms with van der Waals surface area (Å²) in [6.45, 7) is 7.01. The van der Waals surface area contributed by atoms with E-state index in [0.29, 0.717) is 10.8 Å². The molecule has 2 N–H and O–H groups in total. The van der Waals surface area contributed by atoms with Gasteiger partial charge in [-0.05, 0) is 75.8 Å². The Balaban J connectivity index is 2.36. The summed E-state index contributed by atoms with van der Waals surface area (Å²) in [5, 5.41) is 6.25. The summed E-state index contributed by atoms with van der Waals surface area (Å²) in [5.74, 6) is 0. The predicted octanol–water partition coefficient (Wildman–Crippen LogP) is 3.87. The van der Waals surface area contributed by atoms with Crippen LogP contribution in [0.15, 0.2) is 64.6 Å². The quantitative estimate of drug-likeness (QED) is 0.302. The Morgan fingerprint density at radius 2 is 1.62 bits per heavy atom. The molecule has 0 atom stereocenters. The molecule has 0 fully saturated rings. The fourth-order valence-corrected chi connectivity index (χ4v) is 4.98. The van der Waals surface area contributed by atoms with Crippen molar-refractivity contribution in [2.45, 2.75) is 49.6 Å². The van der Waals surface area contributed by atoms with Gasteiger partial charge < -0.3 is 14.8 Å². The molecule has 0 heterocycles. The van der Waals surface area contributed by atoms with Gasteiger partial charge >= 0.3 is 10.1 Å². The van der Waals surface area contributed by atoms with Gasteiger partial charge in [-0.25, -0.2) is 0 Å². The number of anilines is 1. The lowest BCUT2D eigenvalue weighted by atomic mass is 10.2. The summed E-state index contributed by atoms with van der Waals surface area (Å²) in [6.07, 6.45) is 1.57. The molecule has 0 aliphatic carbocycles. The van der Waals surface area contributed by atoms with Crippen LogP contribution in [0.1, 0.15) is 33.3 Å². The molecule has 0 unspecified atom stereocenters. The molecule has 174 valence electrons. The molecule has 0 spiro atoms. The molecule has 0 radical (unpaired) electrons. The Kier molecular flexibility index (Phi) is 8.79. The number of hydrogen-bond acceptors (Lipinski definition) is 7. The zero-order valence-corrected chi connectivity index (χ0v) is 20.6. The monoisotopic (exact) mass is 498 g/mol. The van der Waals surface area contributed by atoms with Crippen molar-refractivity contribution in [3.8, 4) is 0 Å². The van der Waals surface area contributed by atoms with Crippen LogP contribution in [0.5, 0.6) is 0 Å². The molecule has 11 heteroatoms. The lowest BCUT2D eigenvalue weighted by Crippen LogP contribution is -2.33. The number of hydrogen-bond donors (Lipinski definition) is 2. The van der Waals surface area contributed by atoms with Gasteiger partial charge in [0.15, 0.2) is 5.11 Å². The number of rotatable bonds is 9. The van der Waals surface area contributed by atoms with Gasteiger partial charge in [0.25, 0.3) is 10.1 Å². The summed E-state index contributed by atoms with van der Waals surface area (Å²) in [4.78, 5) is -0.188. The van der Waals surface area contributed by atoms with Crippen LogP contribution in [-0.2, 0) is 28.6 Å². The highest BCUT2D eigenvalue weighted by Gasteiger charge is 2.22. The second kappa shape index (κ2) is 10.9. The first kappa shape index (κ1) is 25.8. The van der Waals surface area contributed by atoms with Crippen LogP contribution in [0.2, 0.25) is 0 Å². The largest absolute Gasteiger partial charge is 0.387 e. The summed E-state index contributed by atoms with van der Waals surface area (Å²) in [7, 11) is -8.19. The van der Waals surface area contributed by atoms with Crippen molar-refractivity contribution in [1.29, 1.82) is 0 Å². The SMILES string of the molecule is CC(C)NC(=S)Nc1ccc(C=COS(=O)(=O)c2ccccc2)c(S(=O)(=O)OC(C)C)c1. The van der Waals surface area contributed by atoms with Crippen LogP contribution in [0.3, 0.4) is 0 Å².